The van der Waals surface area contributed by atoms with Crippen molar-refractivity contribution in [1.82, 2.24) is 9.88 Å². The van der Waals surface area contributed by atoms with Crippen LogP contribution in [0, 0.1) is 0 Å². The molecule has 10 heteroatoms. The number of thiazole rings is 1. The maximum absolute atomic E-state index is 13.2. The van der Waals surface area contributed by atoms with Crippen LogP contribution in [-0.4, -0.2) is 28.2 Å². The Bertz CT molecular complexity index is 1060. The van der Waals surface area contributed by atoms with Gasteiger partial charge in [-0.25, -0.2) is 4.98 Å². The molecule has 3 aromatic rings. The lowest BCUT2D eigenvalue weighted by Crippen LogP contribution is -2.36. The molecule has 0 radical (unpaired) electrons. The molecule has 0 saturated carbocycles. The Morgan fingerprint density at radius 1 is 1.17 bits per heavy atom. The number of alkyl halides is 3. The van der Waals surface area contributed by atoms with Crippen molar-refractivity contribution < 1.29 is 22.8 Å². The second-order valence-electron chi connectivity index (χ2n) is 6.38. The van der Waals surface area contributed by atoms with Crippen molar-refractivity contribution in [3.8, 4) is 0 Å². The van der Waals surface area contributed by atoms with Gasteiger partial charge in [0.25, 0.3) is 11.8 Å². The van der Waals surface area contributed by atoms with Gasteiger partial charge >= 0.3 is 6.18 Å². The van der Waals surface area contributed by atoms with Crippen molar-refractivity contribution >= 4 is 39.6 Å². The second-order valence-corrected chi connectivity index (χ2v) is 8.24. The first-order valence-electron chi connectivity index (χ1n) is 8.60. The van der Waals surface area contributed by atoms with Crippen LogP contribution in [0.4, 0.5) is 18.3 Å². The maximum Gasteiger partial charge on any atom is 0.417 e. The van der Waals surface area contributed by atoms with Gasteiger partial charge in [0.2, 0.25) is 0 Å². The van der Waals surface area contributed by atoms with Crippen molar-refractivity contribution in [2.24, 2.45) is 0 Å². The summed E-state index contributed by atoms with van der Waals surface area (Å²) in [6.07, 6.45) is -4.18. The summed E-state index contributed by atoms with van der Waals surface area (Å²) >= 11 is 2.64. The first kappa shape index (κ1) is 19.6. The highest BCUT2D eigenvalue weighted by atomic mass is 32.1. The maximum atomic E-state index is 13.2. The number of carbonyl (C=O) groups is 2. The van der Waals surface area contributed by atoms with Gasteiger partial charge in [-0.15, -0.1) is 0 Å². The average Bonchev–Trinajstić information content (AvgIpc) is 3.35. The third kappa shape index (κ3) is 4.03. The Balaban J connectivity index is 1.52. The van der Waals surface area contributed by atoms with Crippen LogP contribution in [0.15, 0.2) is 41.1 Å². The first-order valence-corrected chi connectivity index (χ1v) is 10.4. The zero-order valence-electron chi connectivity index (χ0n) is 14.8. The lowest BCUT2D eigenvalue weighted by molar-refractivity contribution is -0.138. The van der Waals surface area contributed by atoms with Crippen molar-refractivity contribution in [3.05, 3.63) is 68.4 Å². The molecule has 2 amide bonds. The summed E-state index contributed by atoms with van der Waals surface area (Å²) in [5, 5.41) is 6.66. The molecule has 3 heterocycles. The number of anilines is 1. The Morgan fingerprint density at radius 3 is 2.69 bits per heavy atom. The monoisotopic (exact) mass is 437 g/mol. The van der Waals surface area contributed by atoms with E-state index in [4.69, 9.17) is 0 Å². The van der Waals surface area contributed by atoms with E-state index < -0.39 is 17.6 Å². The summed E-state index contributed by atoms with van der Waals surface area (Å²) in [6, 6.07) is 6.49. The summed E-state index contributed by atoms with van der Waals surface area (Å²) in [6.45, 7) is 0.423. The van der Waals surface area contributed by atoms with Crippen LogP contribution < -0.4 is 5.32 Å². The summed E-state index contributed by atoms with van der Waals surface area (Å²) < 4.78 is 39.7. The number of fused-ring (bicyclic) bond motifs is 1. The third-order valence-electron chi connectivity index (χ3n) is 4.49. The number of rotatable bonds is 3. The van der Waals surface area contributed by atoms with E-state index in [-0.39, 0.29) is 24.6 Å². The lowest BCUT2D eigenvalue weighted by atomic mass is 10.0. The average molecular weight is 437 g/mol. The number of halogens is 3. The number of thiophene rings is 1. The number of aromatic nitrogens is 1. The molecule has 0 bridgehead atoms. The molecule has 1 aliphatic rings. The molecule has 5 nitrogen and oxygen atoms in total. The minimum Gasteiger partial charge on any atom is -0.333 e. The molecular weight excluding hydrogens is 423 g/mol. The highest BCUT2D eigenvalue weighted by Gasteiger charge is 2.36. The van der Waals surface area contributed by atoms with E-state index >= 15 is 0 Å². The molecule has 150 valence electrons. The van der Waals surface area contributed by atoms with E-state index in [1.807, 2.05) is 0 Å². The van der Waals surface area contributed by atoms with Gasteiger partial charge in [-0.05, 0) is 23.6 Å². The van der Waals surface area contributed by atoms with Crippen LogP contribution in [-0.2, 0) is 19.1 Å². The molecule has 4 rings (SSSR count). The molecule has 0 spiro atoms. The van der Waals surface area contributed by atoms with E-state index in [1.54, 1.807) is 16.8 Å². The standard InChI is InChI=1S/C19H14F3N3O2S2/c20-19(21,22)13-4-2-1-3-12(13)17(27)25-7-5-14-15(9-25)29-18(23-14)24-16(26)11-6-8-28-10-11/h1-4,6,8,10H,5,7,9H2,(H,23,24,26). The van der Waals surface area contributed by atoms with E-state index in [2.05, 4.69) is 10.3 Å². The van der Waals surface area contributed by atoms with E-state index in [1.165, 1.54) is 45.8 Å². The van der Waals surface area contributed by atoms with Crippen molar-refractivity contribution in [2.45, 2.75) is 19.1 Å². The summed E-state index contributed by atoms with van der Waals surface area (Å²) in [5.41, 5.74) is -0.0183. The number of nitrogens with one attached hydrogen (secondary N) is 1. The van der Waals surface area contributed by atoms with E-state index in [9.17, 15) is 22.8 Å². The van der Waals surface area contributed by atoms with Gasteiger partial charge in [-0.3, -0.25) is 14.9 Å². The van der Waals surface area contributed by atoms with Crippen molar-refractivity contribution in [1.29, 1.82) is 0 Å². The topological polar surface area (TPSA) is 62.3 Å². The molecule has 0 unspecified atom stereocenters. The zero-order valence-corrected chi connectivity index (χ0v) is 16.5. The SMILES string of the molecule is O=C(Nc1nc2c(s1)CN(C(=O)c1ccccc1C(F)(F)F)CC2)c1ccsc1. The highest BCUT2D eigenvalue weighted by molar-refractivity contribution is 7.16. The van der Waals surface area contributed by atoms with Crippen LogP contribution >= 0.6 is 22.7 Å². The number of hydrogen-bond acceptors (Lipinski definition) is 5. The van der Waals surface area contributed by atoms with Crippen LogP contribution in [0.3, 0.4) is 0 Å². The van der Waals surface area contributed by atoms with Gasteiger partial charge in [-0.2, -0.15) is 24.5 Å². The van der Waals surface area contributed by atoms with Crippen LogP contribution in [0.25, 0.3) is 0 Å². The number of hydrogen-bond donors (Lipinski definition) is 1. The zero-order chi connectivity index (χ0) is 20.6. The fourth-order valence-corrected chi connectivity index (χ4v) is 4.73. The summed E-state index contributed by atoms with van der Waals surface area (Å²) in [7, 11) is 0. The number of amides is 2. The van der Waals surface area contributed by atoms with Gasteiger partial charge in [-0.1, -0.05) is 23.5 Å². The van der Waals surface area contributed by atoms with Crippen LogP contribution in [0.5, 0.6) is 0 Å². The van der Waals surface area contributed by atoms with Gasteiger partial charge in [0.1, 0.15) is 0 Å². The van der Waals surface area contributed by atoms with Crippen molar-refractivity contribution in [2.75, 3.05) is 11.9 Å². The molecule has 0 saturated heterocycles. The molecule has 1 aromatic carbocycles. The minimum absolute atomic E-state index is 0.159. The first-order chi connectivity index (χ1) is 13.8. The fraction of sp³-hybridized carbons (Fsp3) is 0.211. The molecule has 0 fully saturated rings. The Morgan fingerprint density at radius 2 is 1.97 bits per heavy atom. The van der Waals surface area contributed by atoms with Crippen molar-refractivity contribution in [3.63, 3.8) is 0 Å². The second kappa shape index (κ2) is 7.60. The molecule has 29 heavy (non-hydrogen) atoms. The molecule has 0 atom stereocenters. The molecular formula is C19H14F3N3O2S2. The van der Waals surface area contributed by atoms with Crippen LogP contribution in [0.1, 0.15) is 36.9 Å². The van der Waals surface area contributed by atoms with Gasteiger partial charge in [0.15, 0.2) is 5.13 Å². The normalized spacial score (nSPS) is 13.8. The Hall–Kier alpha value is -2.72. The highest BCUT2D eigenvalue weighted by Crippen LogP contribution is 2.34. The van der Waals surface area contributed by atoms with E-state index in [0.717, 1.165) is 16.6 Å². The molecule has 2 aromatic heterocycles. The predicted molar refractivity (Wildman–Crippen MR) is 104 cm³/mol. The van der Waals surface area contributed by atoms with Crippen LogP contribution in [0.2, 0.25) is 0 Å². The quantitative estimate of drug-likeness (QED) is 0.648. The third-order valence-corrected chi connectivity index (χ3v) is 6.17. The number of benzene rings is 1. The number of carbonyl (C=O) groups excluding carboxylic acids is 2. The summed E-state index contributed by atoms with van der Waals surface area (Å²) in [5.74, 6) is -0.940. The molecule has 0 aliphatic carbocycles. The minimum atomic E-state index is -4.60. The van der Waals surface area contributed by atoms with Gasteiger partial charge < -0.3 is 4.90 Å². The largest absolute Gasteiger partial charge is 0.417 e. The predicted octanol–water partition coefficient (Wildman–Crippen LogP) is 4.67. The molecule has 1 aliphatic heterocycles. The molecule has 1 N–H and O–H groups in total. The number of nitrogens with zero attached hydrogens (tertiary/aromatic N) is 2. The lowest BCUT2D eigenvalue weighted by Gasteiger charge is -2.27. The Kier molecular flexibility index (Phi) is 5.13. The summed E-state index contributed by atoms with van der Waals surface area (Å²) in [4.78, 5) is 31.5. The Labute approximate surface area is 171 Å². The fourth-order valence-electron chi connectivity index (χ4n) is 3.07. The van der Waals surface area contributed by atoms with Gasteiger partial charge in [0, 0.05) is 23.2 Å². The smallest absolute Gasteiger partial charge is 0.333 e. The van der Waals surface area contributed by atoms with Gasteiger partial charge in [0.05, 0.1) is 28.9 Å². The van der Waals surface area contributed by atoms with E-state index in [0.29, 0.717) is 17.1 Å².